The minimum atomic E-state index is -0.0137. The Kier molecular flexibility index (Phi) is 5.63. The number of nitrogens with zero attached hydrogens (tertiary/aromatic N) is 1. The third-order valence-corrected chi connectivity index (χ3v) is 2.76. The highest BCUT2D eigenvalue weighted by molar-refractivity contribution is 5.78. The Morgan fingerprint density at radius 1 is 1.47 bits per heavy atom. The molecule has 1 rings (SSSR count). The molecule has 0 saturated carbocycles. The lowest BCUT2D eigenvalue weighted by Gasteiger charge is -2.21. The molecule has 5 nitrogen and oxygen atoms in total. The van der Waals surface area contributed by atoms with Gasteiger partial charge in [0.1, 0.15) is 5.75 Å². The molecule has 0 spiro atoms. The molecule has 0 fully saturated rings. The van der Waals surface area contributed by atoms with E-state index in [4.69, 9.17) is 5.73 Å². The second-order valence-corrected chi connectivity index (χ2v) is 4.91. The normalized spacial score (nSPS) is 11.0. The monoisotopic (exact) mass is 265 g/mol. The third kappa shape index (κ3) is 5.18. The van der Waals surface area contributed by atoms with E-state index in [2.05, 4.69) is 5.32 Å². The molecule has 0 unspecified atom stereocenters. The minimum Gasteiger partial charge on any atom is -0.508 e. The van der Waals surface area contributed by atoms with Gasteiger partial charge in [0.15, 0.2) is 0 Å². The number of nitrogens with two attached hydrogens (primary N) is 1. The first kappa shape index (κ1) is 15.3. The number of phenols is 1. The van der Waals surface area contributed by atoms with Crippen LogP contribution in [0.4, 0.5) is 5.69 Å². The number of likely N-dealkylation sites (N-methyl/N-ethyl adjacent to an activating group) is 1. The zero-order chi connectivity index (χ0) is 14.4. The number of hydrogen-bond donors (Lipinski definition) is 3. The van der Waals surface area contributed by atoms with Crippen molar-refractivity contribution in [2.45, 2.75) is 33.4 Å². The maximum atomic E-state index is 11.7. The predicted molar refractivity (Wildman–Crippen MR) is 76.7 cm³/mol. The molecule has 0 radical (unpaired) electrons. The Morgan fingerprint density at radius 2 is 2.16 bits per heavy atom. The van der Waals surface area contributed by atoms with Crippen molar-refractivity contribution in [3.05, 3.63) is 23.8 Å². The average molecular weight is 265 g/mol. The van der Waals surface area contributed by atoms with Gasteiger partial charge in [-0.15, -0.1) is 0 Å². The Labute approximate surface area is 114 Å². The van der Waals surface area contributed by atoms with Crippen LogP contribution in [-0.4, -0.2) is 35.0 Å². The number of phenolic OH excluding ortho intramolecular Hbond substituents is 1. The number of nitrogens with one attached hydrogen (secondary N) is 1. The summed E-state index contributed by atoms with van der Waals surface area (Å²) in [4.78, 5) is 13.7. The number of hydrogen-bond acceptors (Lipinski definition) is 4. The van der Waals surface area contributed by atoms with Crippen molar-refractivity contribution in [3.8, 4) is 5.75 Å². The second kappa shape index (κ2) is 6.99. The van der Waals surface area contributed by atoms with Crippen LogP contribution in [0.15, 0.2) is 18.2 Å². The van der Waals surface area contributed by atoms with Gasteiger partial charge in [0, 0.05) is 23.8 Å². The Hall–Kier alpha value is -1.75. The van der Waals surface area contributed by atoms with Gasteiger partial charge in [-0.25, -0.2) is 0 Å². The number of anilines is 1. The van der Waals surface area contributed by atoms with E-state index in [1.807, 2.05) is 25.7 Å². The summed E-state index contributed by atoms with van der Waals surface area (Å²) in [5.74, 6) is 0.192. The van der Waals surface area contributed by atoms with Crippen molar-refractivity contribution < 1.29 is 9.90 Å². The van der Waals surface area contributed by atoms with E-state index in [1.165, 1.54) is 0 Å². The quantitative estimate of drug-likeness (QED) is 0.535. The Bertz CT molecular complexity index is 433. The van der Waals surface area contributed by atoms with Crippen molar-refractivity contribution in [2.75, 3.05) is 18.8 Å². The van der Waals surface area contributed by atoms with Crippen LogP contribution < -0.4 is 11.1 Å². The summed E-state index contributed by atoms with van der Waals surface area (Å²) < 4.78 is 0. The van der Waals surface area contributed by atoms with Crippen LogP contribution in [0.3, 0.4) is 0 Å². The molecule has 19 heavy (non-hydrogen) atoms. The first-order valence-corrected chi connectivity index (χ1v) is 6.51. The van der Waals surface area contributed by atoms with Gasteiger partial charge in [0.05, 0.1) is 6.54 Å². The summed E-state index contributed by atoms with van der Waals surface area (Å²) in [5, 5.41) is 12.6. The van der Waals surface area contributed by atoms with E-state index in [-0.39, 0.29) is 17.7 Å². The van der Waals surface area contributed by atoms with E-state index in [0.717, 1.165) is 12.1 Å². The fourth-order valence-electron chi connectivity index (χ4n) is 1.82. The molecule has 0 heterocycles. The van der Waals surface area contributed by atoms with E-state index >= 15 is 0 Å². The van der Waals surface area contributed by atoms with Gasteiger partial charge >= 0.3 is 0 Å². The molecule has 106 valence electrons. The molecule has 0 aliphatic carbocycles. The number of carbonyl (C=O) groups excluding carboxylic acids is 1. The molecule has 1 aromatic carbocycles. The van der Waals surface area contributed by atoms with E-state index in [1.54, 1.807) is 18.2 Å². The van der Waals surface area contributed by atoms with Crippen LogP contribution in [0.25, 0.3) is 0 Å². The Balaban J connectivity index is 2.66. The number of aromatic hydroxyl groups is 1. The highest BCUT2D eigenvalue weighted by Crippen LogP contribution is 2.21. The summed E-state index contributed by atoms with van der Waals surface area (Å²) in [6.45, 7) is 7.36. The van der Waals surface area contributed by atoms with Crippen molar-refractivity contribution in [1.29, 1.82) is 0 Å². The van der Waals surface area contributed by atoms with Crippen molar-refractivity contribution in [1.82, 2.24) is 10.2 Å². The molecule has 5 heteroatoms. The molecular weight excluding hydrogens is 242 g/mol. The van der Waals surface area contributed by atoms with Gasteiger partial charge in [-0.3, -0.25) is 9.69 Å². The van der Waals surface area contributed by atoms with Crippen molar-refractivity contribution in [2.24, 2.45) is 0 Å². The smallest absolute Gasteiger partial charge is 0.234 e. The van der Waals surface area contributed by atoms with Gasteiger partial charge in [0.2, 0.25) is 5.91 Å². The largest absolute Gasteiger partial charge is 0.508 e. The molecule has 4 N–H and O–H groups in total. The van der Waals surface area contributed by atoms with E-state index < -0.39 is 0 Å². The standard InChI is InChI=1S/C14H23N3O2/c1-4-17(9-14(19)16-10(2)3)8-11-7-12(15)5-6-13(11)18/h5-7,10,18H,4,8-9,15H2,1-3H3,(H,16,19). The fourth-order valence-corrected chi connectivity index (χ4v) is 1.82. The number of nitrogen functional groups attached to an aromatic ring is 1. The maximum Gasteiger partial charge on any atom is 0.234 e. The van der Waals surface area contributed by atoms with E-state index in [9.17, 15) is 9.90 Å². The summed E-state index contributed by atoms with van der Waals surface area (Å²) in [5.41, 5.74) is 7.05. The number of amides is 1. The lowest BCUT2D eigenvalue weighted by Crippen LogP contribution is -2.39. The van der Waals surface area contributed by atoms with Gasteiger partial charge in [-0.05, 0) is 38.6 Å². The lowest BCUT2D eigenvalue weighted by molar-refractivity contribution is -0.122. The zero-order valence-electron chi connectivity index (χ0n) is 11.8. The highest BCUT2D eigenvalue weighted by atomic mass is 16.3. The maximum absolute atomic E-state index is 11.7. The molecule has 0 atom stereocenters. The fraction of sp³-hybridized carbons (Fsp3) is 0.500. The highest BCUT2D eigenvalue weighted by Gasteiger charge is 2.12. The Morgan fingerprint density at radius 3 is 2.74 bits per heavy atom. The van der Waals surface area contributed by atoms with Crippen LogP contribution in [0.1, 0.15) is 26.3 Å². The molecular formula is C14H23N3O2. The van der Waals surface area contributed by atoms with E-state index in [0.29, 0.717) is 18.8 Å². The van der Waals surface area contributed by atoms with Gasteiger partial charge in [0.25, 0.3) is 0 Å². The molecule has 0 aromatic heterocycles. The molecule has 0 bridgehead atoms. The van der Waals surface area contributed by atoms with Gasteiger partial charge in [-0.1, -0.05) is 6.92 Å². The van der Waals surface area contributed by atoms with Crippen LogP contribution in [0.2, 0.25) is 0 Å². The van der Waals surface area contributed by atoms with Gasteiger partial charge < -0.3 is 16.2 Å². The predicted octanol–water partition coefficient (Wildman–Crippen LogP) is 1.32. The SMILES string of the molecule is CCN(CC(=O)NC(C)C)Cc1cc(N)ccc1O. The topological polar surface area (TPSA) is 78.6 Å². The van der Waals surface area contributed by atoms with Crippen molar-refractivity contribution >= 4 is 11.6 Å². The number of rotatable bonds is 6. The minimum absolute atomic E-state index is 0.0137. The second-order valence-electron chi connectivity index (χ2n) is 4.91. The first-order chi connectivity index (χ1) is 8.92. The average Bonchev–Trinajstić information content (AvgIpc) is 2.31. The molecule has 0 aliphatic heterocycles. The third-order valence-electron chi connectivity index (χ3n) is 2.76. The lowest BCUT2D eigenvalue weighted by atomic mass is 10.1. The van der Waals surface area contributed by atoms with Crippen LogP contribution >= 0.6 is 0 Å². The molecule has 0 aliphatic rings. The summed E-state index contributed by atoms with van der Waals surface area (Å²) in [6, 6.07) is 5.10. The summed E-state index contributed by atoms with van der Waals surface area (Å²) in [7, 11) is 0. The molecule has 1 amide bonds. The number of carbonyl (C=O) groups is 1. The van der Waals surface area contributed by atoms with Gasteiger partial charge in [-0.2, -0.15) is 0 Å². The van der Waals surface area contributed by atoms with Crippen LogP contribution in [-0.2, 0) is 11.3 Å². The molecule has 0 saturated heterocycles. The molecule has 1 aromatic rings. The number of benzene rings is 1. The van der Waals surface area contributed by atoms with Crippen LogP contribution in [0.5, 0.6) is 5.75 Å². The zero-order valence-corrected chi connectivity index (χ0v) is 11.8. The summed E-state index contributed by atoms with van der Waals surface area (Å²) in [6.07, 6.45) is 0. The first-order valence-electron chi connectivity index (χ1n) is 6.51. The van der Waals surface area contributed by atoms with Crippen LogP contribution in [0, 0.1) is 0 Å². The van der Waals surface area contributed by atoms with Crippen molar-refractivity contribution in [3.63, 3.8) is 0 Å². The summed E-state index contributed by atoms with van der Waals surface area (Å²) >= 11 is 0.